The molecule has 0 saturated heterocycles. The number of amides is 1. The lowest BCUT2D eigenvalue weighted by atomic mass is 9.97. The molecule has 148 valence electrons. The lowest BCUT2D eigenvalue weighted by Crippen LogP contribution is -2.13. The van der Waals surface area contributed by atoms with Crippen molar-refractivity contribution in [3.05, 3.63) is 89.2 Å². The monoisotopic (exact) mass is 419 g/mol. The van der Waals surface area contributed by atoms with Crippen LogP contribution in [-0.4, -0.2) is 27.1 Å². The number of anilines is 1. The number of aromatic carboxylic acids is 1. The maximum absolute atomic E-state index is 12.8. The molecule has 2 N–H and O–H groups in total. The van der Waals surface area contributed by atoms with E-state index >= 15 is 0 Å². The Morgan fingerprint density at radius 3 is 2.40 bits per heavy atom. The highest BCUT2D eigenvalue weighted by Crippen LogP contribution is 2.39. The second-order valence-electron chi connectivity index (χ2n) is 6.26. The van der Waals surface area contributed by atoms with Crippen LogP contribution in [0.1, 0.15) is 20.7 Å². The van der Waals surface area contributed by atoms with Gasteiger partial charge in [0, 0.05) is 23.5 Å². The molecular formula is C22H14ClN3O4. The maximum atomic E-state index is 12.8. The Kier molecular flexibility index (Phi) is 5.28. The van der Waals surface area contributed by atoms with E-state index in [2.05, 4.69) is 15.5 Å². The Morgan fingerprint density at radius 1 is 0.967 bits per heavy atom. The Hall–Kier alpha value is -3.97. The molecule has 0 spiro atoms. The molecule has 0 radical (unpaired) electrons. The van der Waals surface area contributed by atoms with Crippen LogP contribution in [0.15, 0.2) is 77.6 Å². The molecular weight excluding hydrogens is 406 g/mol. The molecule has 2 aromatic carbocycles. The van der Waals surface area contributed by atoms with E-state index in [-0.39, 0.29) is 22.0 Å². The summed E-state index contributed by atoms with van der Waals surface area (Å²) in [6, 6.07) is 16.5. The first kappa shape index (κ1) is 19.4. The highest BCUT2D eigenvalue weighted by Gasteiger charge is 2.25. The highest BCUT2D eigenvalue weighted by molar-refractivity contribution is 6.34. The van der Waals surface area contributed by atoms with E-state index in [0.717, 1.165) is 0 Å². The lowest BCUT2D eigenvalue weighted by molar-refractivity contribution is 0.0697. The zero-order chi connectivity index (χ0) is 21.1. The molecule has 8 heteroatoms. The molecule has 0 aliphatic heterocycles. The number of carbonyl (C=O) groups is 2. The summed E-state index contributed by atoms with van der Waals surface area (Å²) in [4.78, 5) is 28.6. The third kappa shape index (κ3) is 3.66. The van der Waals surface area contributed by atoms with Gasteiger partial charge in [-0.1, -0.05) is 47.1 Å². The molecule has 1 amide bonds. The van der Waals surface area contributed by atoms with Gasteiger partial charge in [-0.25, -0.2) is 4.79 Å². The number of carboxylic acid groups (broad SMARTS) is 1. The van der Waals surface area contributed by atoms with Gasteiger partial charge in [0.25, 0.3) is 5.91 Å². The highest BCUT2D eigenvalue weighted by atomic mass is 35.5. The van der Waals surface area contributed by atoms with Crippen molar-refractivity contribution in [2.24, 2.45) is 0 Å². The average Bonchev–Trinajstić information content (AvgIpc) is 3.17. The van der Waals surface area contributed by atoms with Crippen LogP contribution >= 0.6 is 11.6 Å². The van der Waals surface area contributed by atoms with Gasteiger partial charge >= 0.3 is 5.97 Å². The third-order valence-corrected chi connectivity index (χ3v) is 4.73. The number of pyridine rings is 1. The number of hydrogen-bond acceptors (Lipinski definition) is 5. The van der Waals surface area contributed by atoms with Crippen LogP contribution < -0.4 is 5.32 Å². The minimum atomic E-state index is -1.12. The van der Waals surface area contributed by atoms with E-state index in [9.17, 15) is 14.7 Å². The second-order valence-corrected chi connectivity index (χ2v) is 6.67. The smallest absolute Gasteiger partial charge is 0.336 e. The number of benzene rings is 2. The molecule has 0 fully saturated rings. The van der Waals surface area contributed by atoms with Crippen LogP contribution in [0, 0.1) is 0 Å². The fourth-order valence-electron chi connectivity index (χ4n) is 3.03. The van der Waals surface area contributed by atoms with Gasteiger partial charge in [0.05, 0.1) is 21.7 Å². The second kappa shape index (κ2) is 8.18. The molecule has 30 heavy (non-hydrogen) atoms. The van der Waals surface area contributed by atoms with Crippen molar-refractivity contribution in [3.63, 3.8) is 0 Å². The largest absolute Gasteiger partial charge is 0.478 e. The van der Waals surface area contributed by atoms with Crippen molar-refractivity contribution < 1.29 is 19.2 Å². The van der Waals surface area contributed by atoms with Gasteiger partial charge in [0.15, 0.2) is 0 Å². The summed E-state index contributed by atoms with van der Waals surface area (Å²) in [6.45, 7) is 0. The van der Waals surface area contributed by atoms with Gasteiger partial charge < -0.3 is 9.63 Å². The SMILES string of the molecule is O=C(Nc1onc(-c2cccnc2)c1-c1ccccc1C(=O)O)c1ccccc1Cl. The zero-order valence-electron chi connectivity index (χ0n) is 15.4. The predicted molar refractivity (Wildman–Crippen MR) is 112 cm³/mol. The Labute approximate surface area is 175 Å². The molecule has 0 saturated carbocycles. The molecule has 0 aliphatic carbocycles. The molecule has 4 rings (SSSR count). The van der Waals surface area contributed by atoms with Crippen molar-refractivity contribution in [2.45, 2.75) is 0 Å². The number of nitrogens with zero attached hydrogens (tertiary/aromatic N) is 2. The van der Waals surface area contributed by atoms with Crippen LogP contribution in [0.3, 0.4) is 0 Å². The summed E-state index contributed by atoms with van der Waals surface area (Å²) in [5, 5.41) is 16.7. The predicted octanol–water partition coefficient (Wildman–Crippen LogP) is 5.01. The summed E-state index contributed by atoms with van der Waals surface area (Å²) in [5.74, 6) is -1.62. The van der Waals surface area contributed by atoms with Gasteiger partial charge in [-0.15, -0.1) is 0 Å². The number of halogens is 1. The van der Waals surface area contributed by atoms with Crippen molar-refractivity contribution in [2.75, 3.05) is 5.32 Å². The quantitative estimate of drug-likeness (QED) is 0.471. The van der Waals surface area contributed by atoms with Gasteiger partial charge in [-0.3, -0.25) is 15.1 Å². The number of aromatic nitrogens is 2. The minimum absolute atomic E-state index is 0.00692. The van der Waals surface area contributed by atoms with Crippen LogP contribution in [0.5, 0.6) is 0 Å². The van der Waals surface area contributed by atoms with E-state index in [1.54, 1.807) is 67.0 Å². The molecule has 7 nitrogen and oxygen atoms in total. The topological polar surface area (TPSA) is 105 Å². The minimum Gasteiger partial charge on any atom is -0.478 e. The third-order valence-electron chi connectivity index (χ3n) is 4.40. The number of nitrogens with one attached hydrogen (secondary N) is 1. The first-order valence-electron chi connectivity index (χ1n) is 8.85. The first-order chi connectivity index (χ1) is 14.6. The fraction of sp³-hybridized carbons (Fsp3) is 0. The Balaban J connectivity index is 1.87. The summed E-state index contributed by atoms with van der Waals surface area (Å²) >= 11 is 6.12. The summed E-state index contributed by atoms with van der Waals surface area (Å²) < 4.78 is 5.43. The molecule has 2 heterocycles. The molecule has 0 aliphatic rings. The van der Waals surface area contributed by atoms with Crippen LogP contribution in [0.25, 0.3) is 22.4 Å². The van der Waals surface area contributed by atoms with Crippen LogP contribution in [-0.2, 0) is 0 Å². The van der Waals surface area contributed by atoms with Crippen molar-refractivity contribution in [1.82, 2.24) is 10.1 Å². The van der Waals surface area contributed by atoms with Crippen LogP contribution in [0.4, 0.5) is 5.88 Å². The molecule has 2 aromatic heterocycles. The Bertz CT molecular complexity index is 1240. The van der Waals surface area contributed by atoms with Crippen molar-refractivity contribution in [1.29, 1.82) is 0 Å². The van der Waals surface area contributed by atoms with Gasteiger partial charge in [-0.2, -0.15) is 0 Å². The van der Waals surface area contributed by atoms with Gasteiger partial charge in [-0.05, 0) is 30.3 Å². The van der Waals surface area contributed by atoms with Crippen molar-refractivity contribution in [3.8, 4) is 22.4 Å². The summed E-state index contributed by atoms with van der Waals surface area (Å²) in [5.41, 5.74) is 1.93. The van der Waals surface area contributed by atoms with E-state index in [4.69, 9.17) is 16.1 Å². The molecule has 0 bridgehead atoms. The molecule has 4 aromatic rings. The van der Waals surface area contributed by atoms with E-state index < -0.39 is 11.9 Å². The van der Waals surface area contributed by atoms with E-state index in [1.165, 1.54) is 6.07 Å². The number of hydrogen-bond donors (Lipinski definition) is 2. The Morgan fingerprint density at radius 2 is 1.70 bits per heavy atom. The molecule has 0 unspecified atom stereocenters. The maximum Gasteiger partial charge on any atom is 0.336 e. The fourth-order valence-corrected chi connectivity index (χ4v) is 3.25. The number of carbonyl (C=O) groups excluding carboxylic acids is 1. The normalized spacial score (nSPS) is 10.6. The number of carboxylic acids is 1. The van der Waals surface area contributed by atoms with Gasteiger partial charge in [0.2, 0.25) is 5.88 Å². The first-order valence-corrected chi connectivity index (χ1v) is 9.22. The summed E-state index contributed by atoms with van der Waals surface area (Å²) in [7, 11) is 0. The number of rotatable bonds is 5. The zero-order valence-corrected chi connectivity index (χ0v) is 16.1. The van der Waals surface area contributed by atoms with E-state index in [1.807, 2.05) is 0 Å². The lowest BCUT2D eigenvalue weighted by Gasteiger charge is -2.09. The molecule has 0 atom stereocenters. The average molecular weight is 420 g/mol. The van der Waals surface area contributed by atoms with Gasteiger partial charge in [0.1, 0.15) is 5.69 Å². The van der Waals surface area contributed by atoms with Crippen LogP contribution in [0.2, 0.25) is 5.02 Å². The van der Waals surface area contributed by atoms with E-state index in [0.29, 0.717) is 22.4 Å². The van der Waals surface area contributed by atoms with Crippen molar-refractivity contribution >= 4 is 29.4 Å². The standard InChI is InChI=1S/C22H14ClN3O4/c23-17-10-4-3-9-16(17)20(27)25-21-18(14-7-1-2-8-15(14)22(28)29)19(26-30-21)13-6-5-11-24-12-13/h1-12H,(H,25,27)(H,28,29). The summed E-state index contributed by atoms with van der Waals surface area (Å²) in [6.07, 6.45) is 3.18.